The predicted octanol–water partition coefficient (Wildman–Crippen LogP) is 4.41. The first-order valence-corrected chi connectivity index (χ1v) is 14.7. The number of Topliss-reactive ketones (excluding diaryl/α,β-unsaturated/α-hetero) is 1. The third kappa shape index (κ3) is 4.12. The zero-order valence-corrected chi connectivity index (χ0v) is 24.9. The Morgan fingerprint density at radius 1 is 1.15 bits per heavy atom. The molecule has 5 rings (SSSR count). The Balaban J connectivity index is 1.39. The number of benzene rings is 1. The summed E-state index contributed by atoms with van der Waals surface area (Å²) in [5.41, 5.74) is -0.535. The number of amides is 1. The topological polar surface area (TPSA) is 119 Å². The maximum atomic E-state index is 17.5. The van der Waals surface area contributed by atoms with Crippen LogP contribution in [0.25, 0.3) is 0 Å². The quantitative estimate of drug-likeness (QED) is 0.403. The van der Waals surface area contributed by atoms with E-state index in [1.165, 1.54) is 0 Å². The van der Waals surface area contributed by atoms with Gasteiger partial charge < -0.3 is 15.3 Å². The summed E-state index contributed by atoms with van der Waals surface area (Å²) < 4.78 is 17.5. The third-order valence-corrected chi connectivity index (χ3v) is 11.1. The zero-order valence-electron chi connectivity index (χ0n) is 24.9. The fourth-order valence-electron chi connectivity index (χ4n) is 8.64. The Morgan fingerprint density at radius 2 is 1.80 bits per heavy atom. The molecule has 1 amide bonds. The molecule has 4 aliphatic carbocycles. The molecule has 3 fully saturated rings. The number of fused-ring (bicyclic) bond motifs is 5. The number of halogens is 1. The van der Waals surface area contributed by atoms with E-state index in [9.17, 15) is 24.9 Å². The number of carbonyl (C=O) groups excluding carboxylic acids is 2. The first kappa shape index (κ1) is 29.8. The molecule has 41 heavy (non-hydrogen) atoms. The van der Waals surface area contributed by atoms with Crippen molar-refractivity contribution in [2.24, 2.45) is 33.7 Å². The van der Waals surface area contributed by atoms with Gasteiger partial charge >= 0.3 is 0 Å². The number of aliphatic hydroxyl groups excluding tert-OH is 2. The number of nitrogens with zero attached hydrogens (tertiary/aromatic N) is 1. The van der Waals surface area contributed by atoms with Crippen molar-refractivity contribution < 1.29 is 29.3 Å². The summed E-state index contributed by atoms with van der Waals surface area (Å²) in [4.78, 5) is 25.5. The summed E-state index contributed by atoms with van der Waals surface area (Å²) >= 11 is 0. The van der Waals surface area contributed by atoms with Crippen LogP contribution < -0.4 is 5.43 Å². The Labute approximate surface area is 241 Å². The van der Waals surface area contributed by atoms with Gasteiger partial charge in [0.05, 0.1) is 11.8 Å². The highest BCUT2D eigenvalue weighted by Crippen LogP contribution is 2.70. The summed E-state index contributed by atoms with van der Waals surface area (Å²) in [5.74, 6) is -2.39. The van der Waals surface area contributed by atoms with Crippen LogP contribution in [0.3, 0.4) is 0 Å². The molecular weight excluding hydrogens is 523 g/mol. The van der Waals surface area contributed by atoms with E-state index >= 15 is 4.39 Å². The molecule has 8 heteroatoms. The van der Waals surface area contributed by atoms with Gasteiger partial charge in [0.2, 0.25) is 0 Å². The van der Waals surface area contributed by atoms with Crippen LogP contribution in [-0.4, -0.2) is 56.7 Å². The van der Waals surface area contributed by atoms with Gasteiger partial charge in [-0.2, -0.15) is 5.10 Å². The zero-order chi connectivity index (χ0) is 30.2. The first-order chi connectivity index (χ1) is 19.0. The van der Waals surface area contributed by atoms with Crippen molar-refractivity contribution in [3.05, 3.63) is 59.2 Å². The third-order valence-electron chi connectivity index (χ3n) is 11.1. The molecule has 0 heterocycles. The van der Waals surface area contributed by atoms with Gasteiger partial charge in [-0.05, 0) is 79.7 Å². The molecule has 0 aromatic heterocycles. The highest BCUT2D eigenvalue weighted by Gasteiger charge is 2.75. The minimum Gasteiger partial charge on any atom is -0.390 e. The van der Waals surface area contributed by atoms with Crippen molar-refractivity contribution in [2.45, 2.75) is 90.0 Å². The maximum absolute atomic E-state index is 17.5. The molecule has 0 unspecified atom stereocenters. The number of allylic oxidation sites excluding steroid dienone is 4. The monoisotopic (exact) mass is 566 g/mol. The Morgan fingerprint density at radius 3 is 2.41 bits per heavy atom. The number of aliphatic hydroxyl groups is 3. The fraction of sp³-hybridized carbons (Fsp3) is 0.606. The highest BCUT2D eigenvalue weighted by atomic mass is 19.1. The molecule has 222 valence electrons. The molecule has 4 aliphatic rings. The van der Waals surface area contributed by atoms with E-state index in [1.807, 2.05) is 12.1 Å². The minimum atomic E-state index is -2.02. The van der Waals surface area contributed by atoms with E-state index in [0.717, 1.165) is 11.1 Å². The van der Waals surface area contributed by atoms with Crippen LogP contribution in [-0.2, 0) is 10.2 Å². The van der Waals surface area contributed by atoms with Gasteiger partial charge in [-0.25, -0.2) is 9.82 Å². The van der Waals surface area contributed by atoms with E-state index in [-0.39, 0.29) is 23.7 Å². The number of rotatable bonds is 4. The molecule has 0 aliphatic heterocycles. The largest absolute Gasteiger partial charge is 0.390 e. The standard InChI is InChI=1S/C33H43FN2O5/c1-19-15-25-24-12-11-22-16-23(35-36-28(40)20-7-9-21(10-8-20)29(2,3)4)13-14-30(22,5)32(24,34)26(38)17-31(25,6)33(19,41)27(39)18-37/h7-10,13-14,16,19,24-26,37-38,41H,11-12,15,17-18H2,1-6H3,(H,36,40)/b35-23+/t19-,24+,25+,26+,30+,31+,32+,33+/m1/s1. The molecule has 4 N–H and O–H groups in total. The molecular formula is C33H43FN2O5. The molecule has 8 atom stereocenters. The van der Waals surface area contributed by atoms with Gasteiger partial charge in [0.1, 0.15) is 12.2 Å². The molecule has 0 bridgehead atoms. The molecule has 1 aromatic carbocycles. The second kappa shape index (κ2) is 9.68. The van der Waals surface area contributed by atoms with Gasteiger partial charge in [0.25, 0.3) is 5.91 Å². The SMILES string of the molecule is C[C@@H]1C[C@H]2[C@@H]3CCC4=C/C(=N/NC(=O)c5ccc(C(C)(C)C)cc5)C=C[C@]4(C)[C@@]3(F)[C@@H](O)C[C@]2(C)[C@@]1(O)C(=O)CO. The van der Waals surface area contributed by atoms with E-state index in [0.29, 0.717) is 30.5 Å². The molecule has 0 saturated heterocycles. The summed E-state index contributed by atoms with van der Waals surface area (Å²) in [6.45, 7) is 10.9. The number of nitrogens with one attached hydrogen (secondary N) is 1. The van der Waals surface area contributed by atoms with Crippen molar-refractivity contribution in [1.29, 1.82) is 0 Å². The maximum Gasteiger partial charge on any atom is 0.271 e. The Bertz CT molecular complexity index is 1350. The Hall–Kier alpha value is -2.68. The number of hydrogen-bond acceptors (Lipinski definition) is 6. The van der Waals surface area contributed by atoms with Gasteiger partial charge in [0.15, 0.2) is 11.5 Å². The Kier molecular flexibility index (Phi) is 7.03. The lowest BCUT2D eigenvalue weighted by Crippen LogP contribution is -2.69. The van der Waals surface area contributed by atoms with Crippen LogP contribution in [0.1, 0.15) is 83.1 Å². The fourth-order valence-corrected chi connectivity index (χ4v) is 8.64. The summed E-state index contributed by atoms with van der Waals surface area (Å²) in [6, 6.07) is 7.41. The molecule has 0 radical (unpaired) electrons. The molecule has 7 nitrogen and oxygen atoms in total. The molecule has 0 spiro atoms. The lowest BCUT2D eigenvalue weighted by atomic mass is 9.44. The van der Waals surface area contributed by atoms with Gasteiger partial charge in [-0.15, -0.1) is 0 Å². The van der Waals surface area contributed by atoms with Crippen molar-refractivity contribution in [1.82, 2.24) is 5.43 Å². The van der Waals surface area contributed by atoms with Crippen LogP contribution in [0.5, 0.6) is 0 Å². The van der Waals surface area contributed by atoms with Gasteiger partial charge in [-0.3, -0.25) is 9.59 Å². The number of hydrogen-bond donors (Lipinski definition) is 4. The number of ketones is 1. The summed E-state index contributed by atoms with van der Waals surface area (Å²) in [5, 5.41) is 37.0. The van der Waals surface area contributed by atoms with Crippen molar-refractivity contribution in [2.75, 3.05) is 6.61 Å². The number of hydrazone groups is 1. The smallest absolute Gasteiger partial charge is 0.271 e. The van der Waals surface area contributed by atoms with Crippen LogP contribution in [0, 0.1) is 28.6 Å². The molecule has 3 saturated carbocycles. The van der Waals surface area contributed by atoms with E-state index < -0.39 is 52.4 Å². The van der Waals surface area contributed by atoms with Crippen LogP contribution in [0.15, 0.2) is 53.2 Å². The normalized spacial score (nSPS) is 40.8. The lowest BCUT2D eigenvalue weighted by Gasteiger charge is -2.62. The van der Waals surface area contributed by atoms with E-state index in [4.69, 9.17) is 0 Å². The van der Waals surface area contributed by atoms with Crippen LogP contribution in [0.4, 0.5) is 4.39 Å². The minimum absolute atomic E-state index is 0.0215. The second-order valence-electron chi connectivity index (χ2n) is 14.2. The average Bonchev–Trinajstić information content (AvgIpc) is 3.13. The number of alkyl halides is 1. The summed E-state index contributed by atoms with van der Waals surface area (Å²) in [6.07, 6.45) is 5.15. The second-order valence-corrected chi connectivity index (χ2v) is 14.2. The number of carbonyl (C=O) groups is 2. The van der Waals surface area contributed by atoms with Crippen molar-refractivity contribution in [3.8, 4) is 0 Å². The lowest BCUT2D eigenvalue weighted by molar-refractivity contribution is -0.219. The summed E-state index contributed by atoms with van der Waals surface area (Å²) in [7, 11) is 0. The van der Waals surface area contributed by atoms with Gasteiger partial charge in [0, 0.05) is 22.3 Å². The van der Waals surface area contributed by atoms with E-state index in [1.54, 1.807) is 51.1 Å². The van der Waals surface area contributed by atoms with Crippen molar-refractivity contribution >= 4 is 17.4 Å². The van der Waals surface area contributed by atoms with Crippen LogP contribution >= 0.6 is 0 Å². The average molecular weight is 567 g/mol. The molecule has 1 aromatic rings. The van der Waals surface area contributed by atoms with E-state index in [2.05, 4.69) is 31.3 Å². The first-order valence-electron chi connectivity index (χ1n) is 14.7. The highest BCUT2D eigenvalue weighted by molar-refractivity contribution is 6.07. The predicted molar refractivity (Wildman–Crippen MR) is 155 cm³/mol. The van der Waals surface area contributed by atoms with Crippen LogP contribution in [0.2, 0.25) is 0 Å². The van der Waals surface area contributed by atoms with Crippen molar-refractivity contribution in [3.63, 3.8) is 0 Å². The van der Waals surface area contributed by atoms with Gasteiger partial charge in [-0.1, -0.05) is 58.4 Å².